The number of benzene rings is 1. The Morgan fingerprint density at radius 3 is 2.00 bits per heavy atom. The van der Waals surface area contributed by atoms with Gasteiger partial charge in [-0.1, -0.05) is 45.1 Å². The Morgan fingerprint density at radius 1 is 0.935 bits per heavy atom. The first-order chi connectivity index (χ1) is 14.5. The molecule has 1 N–H and O–H groups in total. The highest BCUT2D eigenvalue weighted by Gasteiger charge is 2.52. The molecule has 0 unspecified atom stereocenters. The summed E-state index contributed by atoms with van der Waals surface area (Å²) in [7, 11) is -3.63. The molecule has 7 nitrogen and oxygen atoms in total. The van der Waals surface area contributed by atoms with Crippen LogP contribution in [0.15, 0.2) is 41.3 Å². The van der Waals surface area contributed by atoms with Gasteiger partial charge in [-0.2, -0.15) is 4.31 Å². The van der Waals surface area contributed by atoms with E-state index >= 15 is 0 Å². The number of hydrogen-bond donors (Lipinski definition) is 1. The average molecular weight is 447 g/mol. The summed E-state index contributed by atoms with van der Waals surface area (Å²) in [6, 6.07) is 6.99. The van der Waals surface area contributed by atoms with E-state index in [0.717, 1.165) is 5.56 Å². The van der Waals surface area contributed by atoms with Crippen LogP contribution in [0.3, 0.4) is 0 Å². The second-order valence-corrected chi connectivity index (χ2v) is 11.8. The Labute approximate surface area is 183 Å². The summed E-state index contributed by atoms with van der Waals surface area (Å²) in [5.41, 5.74) is 1.01. The fourth-order valence-corrected chi connectivity index (χ4v) is 6.55. The molecule has 0 spiro atoms. The zero-order valence-electron chi connectivity index (χ0n) is 18.2. The van der Waals surface area contributed by atoms with Crippen LogP contribution in [0.1, 0.15) is 32.8 Å². The molecule has 0 radical (unpaired) electrons. The molecule has 1 saturated heterocycles. The van der Waals surface area contributed by atoms with Crippen molar-refractivity contribution in [3.05, 3.63) is 42.0 Å². The maximum Gasteiger partial charge on any atom is 0.307 e. The van der Waals surface area contributed by atoms with Gasteiger partial charge in [0.2, 0.25) is 15.9 Å². The summed E-state index contributed by atoms with van der Waals surface area (Å²) < 4.78 is 27.5. The molecule has 1 heterocycles. The zero-order valence-corrected chi connectivity index (χ0v) is 19.0. The average Bonchev–Trinajstić information content (AvgIpc) is 3.34. The van der Waals surface area contributed by atoms with Crippen molar-refractivity contribution in [3.8, 4) is 0 Å². The third-order valence-corrected chi connectivity index (χ3v) is 8.85. The van der Waals surface area contributed by atoms with E-state index in [1.807, 2.05) is 24.3 Å². The van der Waals surface area contributed by atoms with Crippen LogP contribution in [-0.2, 0) is 25.0 Å². The molecule has 1 saturated carbocycles. The standard InChI is InChI=1S/C23H30N2O5S/c1-23(2,3)17-6-8-18(9-7-17)31(29,30)25-12-10-24(11-13-25)21(26)19-15-4-5-16(14-15)20(19)22(27)28/h4-9,15-16,19-20H,10-14H2,1-3H3,(H,27,28)/t15-,16+,19-,20+/m1/s1. The number of aliphatic carboxylic acids is 1. The molecule has 1 aromatic rings. The van der Waals surface area contributed by atoms with E-state index in [1.165, 1.54) is 4.31 Å². The lowest BCUT2D eigenvalue weighted by Crippen LogP contribution is -2.53. The van der Waals surface area contributed by atoms with Crippen molar-refractivity contribution in [2.45, 2.75) is 37.5 Å². The van der Waals surface area contributed by atoms with E-state index in [-0.39, 0.29) is 54.2 Å². The minimum absolute atomic E-state index is 0.0262. The van der Waals surface area contributed by atoms with Crippen molar-refractivity contribution < 1.29 is 23.1 Å². The predicted octanol–water partition coefficient (Wildman–Crippen LogP) is 2.34. The normalized spacial score (nSPS) is 28.8. The molecule has 1 aliphatic heterocycles. The molecule has 4 rings (SSSR count). The van der Waals surface area contributed by atoms with Gasteiger partial charge >= 0.3 is 5.97 Å². The monoisotopic (exact) mass is 446 g/mol. The number of carbonyl (C=O) groups excluding carboxylic acids is 1. The first-order valence-electron chi connectivity index (χ1n) is 10.8. The fourth-order valence-electron chi connectivity index (χ4n) is 5.13. The highest BCUT2D eigenvalue weighted by Crippen LogP contribution is 2.48. The number of carbonyl (C=O) groups is 2. The van der Waals surface area contributed by atoms with Gasteiger partial charge in [-0.3, -0.25) is 9.59 Å². The van der Waals surface area contributed by atoms with Crippen LogP contribution < -0.4 is 0 Å². The highest BCUT2D eigenvalue weighted by molar-refractivity contribution is 7.89. The van der Waals surface area contributed by atoms with Crippen LogP contribution in [0.2, 0.25) is 0 Å². The molecule has 3 aliphatic rings. The van der Waals surface area contributed by atoms with Gasteiger partial charge in [0.15, 0.2) is 0 Å². The lowest BCUT2D eigenvalue weighted by Gasteiger charge is -2.37. The molecule has 8 heteroatoms. The lowest BCUT2D eigenvalue weighted by molar-refractivity contribution is -0.151. The first kappa shape index (κ1) is 22.0. The van der Waals surface area contributed by atoms with Crippen molar-refractivity contribution in [2.24, 2.45) is 23.7 Å². The maximum atomic E-state index is 13.1. The second-order valence-electron chi connectivity index (χ2n) is 9.84. The van der Waals surface area contributed by atoms with E-state index in [0.29, 0.717) is 6.42 Å². The minimum Gasteiger partial charge on any atom is -0.481 e. The number of hydrogen-bond acceptors (Lipinski definition) is 4. The Bertz CT molecular complexity index is 1000. The summed E-state index contributed by atoms with van der Waals surface area (Å²) in [6.07, 6.45) is 4.60. The van der Waals surface area contributed by atoms with Crippen molar-refractivity contribution in [2.75, 3.05) is 26.2 Å². The molecule has 4 atom stereocenters. The van der Waals surface area contributed by atoms with Gasteiger partial charge in [-0.05, 0) is 41.4 Å². The molecule has 168 valence electrons. The molecule has 0 aromatic heterocycles. The van der Waals surface area contributed by atoms with Crippen LogP contribution in [0.5, 0.6) is 0 Å². The number of piperazine rings is 1. The topological polar surface area (TPSA) is 95.0 Å². The second kappa shape index (κ2) is 7.74. The fraction of sp³-hybridized carbons (Fsp3) is 0.565. The third-order valence-electron chi connectivity index (χ3n) is 6.94. The maximum absolute atomic E-state index is 13.1. The molecule has 2 aliphatic carbocycles. The van der Waals surface area contributed by atoms with Gasteiger partial charge in [-0.25, -0.2) is 8.42 Å². The van der Waals surface area contributed by atoms with Gasteiger partial charge in [-0.15, -0.1) is 0 Å². The molecular formula is C23H30N2O5S. The Kier molecular flexibility index (Phi) is 5.50. The number of fused-ring (bicyclic) bond motifs is 2. The minimum atomic E-state index is -3.63. The summed E-state index contributed by atoms with van der Waals surface area (Å²) >= 11 is 0. The smallest absolute Gasteiger partial charge is 0.307 e. The van der Waals surface area contributed by atoms with E-state index in [9.17, 15) is 23.1 Å². The summed E-state index contributed by atoms with van der Waals surface area (Å²) in [6.45, 7) is 7.21. The van der Waals surface area contributed by atoms with Crippen LogP contribution in [0.25, 0.3) is 0 Å². The van der Waals surface area contributed by atoms with Crippen LogP contribution >= 0.6 is 0 Å². The Hall–Kier alpha value is -2.19. The van der Waals surface area contributed by atoms with E-state index in [2.05, 4.69) is 20.8 Å². The Morgan fingerprint density at radius 2 is 1.48 bits per heavy atom. The predicted molar refractivity (Wildman–Crippen MR) is 116 cm³/mol. The summed E-state index contributed by atoms with van der Waals surface area (Å²) in [4.78, 5) is 26.7. The van der Waals surface area contributed by atoms with Gasteiger partial charge in [0.05, 0.1) is 16.7 Å². The molecule has 1 amide bonds. The molecule has 31 heavy (non-hydrogen) atoms. The number of allylic oxidation sites excluding steroid dienone is 2. The molecule has 1 aromatic carbocycles. The van der Waals surface area contributed by atoms with E-state index in [1.54, 1.807) is 17.0 Å². The quantitative estimate of drug-likeness (QED) is 0.717. The van der Waals surface area contributed by atoms with Crippen molar-refractivity contribution in [1.82, 2.24) is 9.21 Å². The van der Waals surface area contributed by atoms with Gasteiger partial charge in [0.25, 0.3) is 0 Å². The van der Waals surface area contributed by atoms with Crippen LogP contribution in [0, 0.1) is 23.7 Å². The zero-order chi connectivity index (χ0) is 22.6. The first-order valence-corrected chi connectivity index (χ1v) is 12.2. The van der Waals surface area contributed by atoms with Crippen molar-refractivity contribution in [1.29, 1.82) is 0 Å². The Balaban J connectivity index is 1.43. The lowest BCUT2D eigenvalue weighted by atomic mass is 9.82. The SMILES string of the molecule is CC(C)(C)c1ccc(S(=O)(=O)N2CCN(C(=O)[C@H]3[C@@H](C(=O)O)[C@H]4C=C[C@@H]3C4)CC2)cc1. The van der Waals surface area contributed by atoms with Crippen LogP contribution in [-0.4, -0.2) is 60.8 Å². The molecule has 2 fully saturated rings. The number of sulfonamides is 1. The van der Waals surface area contributed by atoms with E-state index < -0.39 is 27.8 Å². The number of nitrogens with zero attached hydrogens (tertiary/aromatic N) is 2. The van der Waals surface area contributed by atoms with E-state index in [4.69, 9.17) is 0 Å². The van der Waals surface area contributed by atoms with Crippen LogP contribution in [0.4, 0.5) is 0 Å². The third kappa shape index (κ3) is 3.91. The summed E-state index contributed by atoms with van der Waals surface area (Å²) in [5.74, 6) is -2.40. The highest BCUT2D eigenvalue weighted by atomic mass is 32.2. The number of amides is 1. The number of carboxylic acids is 1. The number of rotatable bonds is 4. The van der Waals surface area contributed by atoms with Crippen molar-refractivity contribution >= 4 is 21.9 Å². The largest absolute Gasteiger partial charge is 0.481 e. The van der Waals surface area contributed by atoms with Gasteiger partial charge in [0.1, 0.15) is 0 Å². The summed E-state index contributed by atoms with van der Waals surface area (Å²) in [5, 5.41) is 9.61. The van der Waals surface area contributed by atoms with Crippen molar-refractivity contribution in [3.63, 3.8) is 0 Å². The molecule has 2 bridgehead atoms. The van der Waals surface area contributed by atoms with Gasteiger partial charge in [0, 0.05) is 26.2 Å². The number of carboxylic acid groups (broad SMARTS) is 1. The molecular weight excluding hydrogens is 416 g/mol. The van der Waals surface area contributed by atoms with Gasteiger partial charge < -0.3 is 10.0 Å².